The van der Waals surface area contributed by atoms with Crippen LogP contribution in [0.1, 0.15) is 52.5 Å². The van der Waals surface area contributed by atoms with Gasteiger partial charge < -0.3 is 14.4 Å². The Morgan fingerprint density at radius 2 is 1.46 bits per heavy atom. The highest BCUT2D eigenvalue weighted by atomic mass is 32.2. The van der Waals surface area contributed by atoms with Crippen molar-refractivity contribution in [2.45, 2.75) is 58.8 Å². The van der Waals surface area contributed by atoms with E-state index in [-0.39, 0.29) is 10.8 Å². The van der Waals surface area contributed by atoms with E-state index in [0.29, 0.717) is 5.57 Å². The summed E-state index contributed by atoms with van der Waals surface area (Å²) in [5.74, 6) is -0.0178. The highest BCUT2D eigenvalue weighted by Crippen LogP contribution is 2.10. The number of rotatable bonds is 10. The summed E-state index contributed by atoms with van der Waals surface area (Å²) in [5.41, 5.74) is 1.52. The molecule has 1 N–H and O–H groups in total. The maximum absolute atomic E-state index is 11.6. The van der Waals surface area contributed by atoms with Gasteiger partial charge in [-0.2, -0.15) is 0 Å². The van der Waals surface area contributed by atoms with Crippen molar-refractivity contribution >= 4 is 16.0 Å². The number of benzene rings is 1. The lowest BCUT2D eigenvalue weighted by atomic mass is 10.2. The van der Waals surface area contributed by atoms with Crippen molar-refractivity contribution in [3.05, 3.63) is 42.0 Å². The van der Waals surface area contributed by atoms with Gasteiger partial charge in [0, 0.05) is 5.57 Å². The van der Waals surface area contributed by atoms with Gasteiger partial charge in [-0.05, 0) is 45.2 Å². The van der Waals surface area contributed by atoms with E-state index in [0.717, 1.165) is 55.6 Å². The Hall–Kier alpha value is -1.70. The minimum absolute atomic E-state index is 0.0178. The van der Waals surface area contributed by atoms with Crippen molar-refractivity contribution in [3.8, 4) is 0 Å². The summed E-state index contributed by atoms with van der Waals surface area (Å²) >= 11 is 0. The molecule has 0 bridgehead atoms. The molecule has 0 fully saturated rings. The largest absolute Gasteiger partial charge is 0.744 e. The molecule has 0 aliphatic rings. The third kappa shape index (κ3) is 10.0. The molecule has 7 heteroatoms. The summed E-state index contributed by atoms with van der Waals surface area (Å²) in [6.45, 7) is 18.0. The molecule has 0 saturated carbocycles. The molecule has 0 aliphatic heterocycles. The zero-order chi connectivity index (χ0) is 21.8. The van der Waals surface area contributed by atoms with E-state index >= 15 is 0 Å². The van der Waals surface area contributed by atoms with Crippen molar-refractivity contribution < 1.29 is 22.2 Å². The predicted octanol–water partition coefficient (Wildman–Crippen LogP) is 3.58. The fourth-order valence-corrected chi connectivity index (χ4v) is 3.56. The van der Waals surface area contributed by atoms with E-state index in [2.05, 4.69) is 32.7 Å². The number of carbonyl (C=O) groups is 1. The van der Waals surface area contributed by atoms with Crippen LogP contribution in [0.5, 0.6) is 0 Å². The molecule has 6 nitrogen and oxygen atoms in total. The standard InChI is InChI=1S/C14H28N2O.C7H8O3S/c1-6-9-16(10-7-2,11-8-3)12-15-14(17)13(4)5;1-6-2-4-7(5-3-6)11(8,9)10/h4,6-12H2,1-3,5H3;2-5H,1H3,(H,8,9,10). The second-order valence-corrected chi connectivity index (χ2v) is 8.60. The van der Waals surface area contributed by atoms with E-state index < -0.39 is 10.1 Å². The van der Waals surface area contributed by atoms with Crippen LogP contribution in [0.2, 0.25) is 0 Å². The molecule has 28 heavy (non-hydrogen) atoms. The van der Waals surface area contributed by atoms with Crippen LogP contribution in [-0.4, -0.2) is 49.7 Å². The lowest BCUT2D eigenvalue weighted by Crippen LogP contribution is -2.55. The van der Waals surface area contributed by atoms with Crippen LogP contribution in [0.3, 0.4) is 0 Å². The van der Waals surface area contributed by atoms with Crippen LogP contribution in [0, 0.1) is 6.92 Å². The molecule has 0 atom stereocenters. The fourth-order valence-electron chi connectivity index (χ4n) is 3.09. The number of quaternary nitrogens is 1. The summed E-state index contributed by atoms with van der Waals surface area (Å²) in [5, 5.41) is 3.01. The maximum Gasteiger partial charge on any atom is 0.250 e. The van der Waals surface area contributed by atoms with Crippen molar-refractivity contribution in [2.24, 2.45) is 0 Å². The van der Waals surface area contributed by atoms with Crippen LogP contribution in [0.15, 0.2) is 41.3 Å². The Kier molecular flexibility index (Phi) is 11.9. The average molecular weight is 413 g/mol. The lowest BCUT2D eigenvalue weighted by Gasteiger charge is -2.38. The molecule has 160 valence electrons. The third-order valence-corrected chi connectivity index (χ3v) is 5.22. The number of amides is 1. The van der Waals surface area contributed by atoms with Gasteiger partial charge in [-0.25, -0.2) is 8.42 Å². The van der Waals surface area contributed by atoms with E-state index in [1.807, 2.05) is 6.92 Å². The molecule has 1 aromatic carbocycles. The summed E-state index contributed by atoms with van der Waals surface area (Å²) in [6, 6.07) is 5.78. The molecule has 0 unspecified atom stereocenters. The Morgan fingerprint density at radius 3 is 1.79 bits per heavy atom. The summed E-state index contributed by atoms with van der Waals surface area (Å²) in [6.07, 6.45) is 3.47. The Balaban J connectivity index is 0.000000567. The van der Waals surface area contributed by atoms with E-state index in [1.165, 1.54) is 12.1 Å². The molecule has 0 saturated heterocycles. The number of nitrogens with one attached hydrogen (secondary N) is 1. The summed E-state index contributed by atoms with van der Waals surface area (Å²) in [4.78, 5) is 11.4. The Morgan fingerprint density at radius 1 is 1.04 bits per heavy atom. The minimum Gasteiger partial charge on any atom is -0.744 e. The number of nitrogens with zero attached hydrogens (tertiary/aromatic N) is 1. The van der Waals surface area contributed by atoms with E-state index in [1.54, 1.807) is 19.1 Å². The van der Waals surface area contributed by atoms with Gasteiger partial charge in [0.1, 0.15) is 10.1 Å². The molecular weight excluding hydrogens is 376 g/mol. The monoisotopic (exact) mass is 412 g/mol. The van der Waals surface area contributed by atoms with Crippen molar-refractivity contribution in [1.29, 1.82) is 0 Å². The molecule has 1 aromatic rings. The molecule has 1 rings (SSSR count). The van der Waals surface area contributed by atoms with Gasteiger partial charge in [0.15, 0.2) is 6.67 Å². The molecule has 0 spiro atoms. The summed E-state index contributed by atoms with van der Waals surface area (Å²) in [7, 11) is -4.27. The van der Waals surface area contributed by atoms with E-state index in [4.69, 9.17) is 0 Å². The van der Waals surface area contributed by atoms with Crippen LogP contribution in [0.25, 0.3) is 0 Å². The van der Waals surface area contributed by atoms with Gasteiger partial charge in [0.2, 0.25) is 0 Å². The SMILES string of the molecule is C=C(C)C(=O)NC[N+](CCC)(CCC)CCC.Cc1ccc(S(=O)(=O)[O-])cc1. The average Bonchev–Trinajstić information content (AvgIpc) is 2.60. The molecule has 0 aliphatic carbocycles. The van der Waals surface area contributed by atoms with Gasteiger partial charge in [-0.1, -0.05) is 45.0 Å². The van der Waals surface area contributed by atoms with Gasteiger partial charge in [0.25, 0.3) is 5.91 Å². The Labute approximate surface area is 171 Å². The maximum atomic E-state index is 11.6. The first kappa shape index (κ1) is 26.3. The number of aryl methyl sites for hydroxylation is 1. The topological polar surface area (TPSA) is 86.3 Å². The van der Waals surface area contributed by atoms with Crippen LogP contribution in [-0.2, 0) is 14.9 Å². The second-order valence-electron chi connectivity index (χ2n) is 7.22. The smallest absolute Gasteiger partial charge is 0.250 e. The first-order valence-corrected chi connectivity index (χ1v) is 11.2. The Bertz CT molecular complexity index is 695. The molecule has 0 aromatic heterocycles. The molecular formula is C21H36N2O4S. The van der Waals surface area contributed by atoms with Crippen molar-refractivity contribution in [1.82, 2.24) is 5.32 Å². The van der Waals surface area contributed by atoms with E-state index in [9.17, 15) is 17.8 Å². The van der Waals surface area contributed by atoms with Crippen LogP contribution < -0.4 is 5.32 Å². The normalized spacial score (nSPS) is 11.4. The third-order valence-electron chi connectivity index (χ3n) is 4.37. The quantitative estimate of drug-likeness (QED) is 0.275. The highest BCUT2D eigenvalue weighted by Gasteiger charge is 2.25. The minimum atomic E-state index is -4.27. The first-order valence-electron chi connectivity index (χ1n) is 9.82. The first-order chi connectivity index (χ1) is 13.0. The van der Waals surface area contributed by atoms with Gasteiger partial charge >= 0.3 is 0 Å². The zero-order valence-corrected chi connectivity index (χ0v) is 18.8. The van der Waals surface area contributed by atoms with Crippen molar-refractivity contribution in [2.75, 3.05) is 26.3 Å². The van der Waals surface area contributed by atoms with Crippen LogP contribution in [0.4, 0.5) is 0 Å². The highest BCUT2D eigenvalue weighted by molar-refractivity contribution is 7.85. The molecule has 0 radical (unpaired) electrons. The van der Waals surface area contributed by atoms with Gasteiger partial charge in [-0.3, -0.25) is 4.79 Å². The molecule has 1 amide bonds. The summed E-state index contributed by atoms with van der Waals surface area (Å²) < 4.78 is 32.2. The number of hydrogen-bond donors (Lipinski definition) is 1. The van der Waals surface area contributed by atoms with Gasteiger partial charge in [-0.15, -0.1) is 0 Å². The van der Waals surface area contributed by atoms with Crippen LogP contribution >= 0.6 is 0 Å². The lowest BCUT2D eigenvalue weighted by molar-refractivity contribution is -0.930. The van der Waals surface area contributed by atoms with Crippen molar-refractivity contribution in [3.63, 3.8) is 0 Å². The predicted molar refractivity (Wildman–Crippen MR) is 113 cm³/mol. The fraction of sp³-hybridized carbons (Fsp3) is 0.571. The second kappa shape index (κ2) is 12.7. The number of carbonyl (C=O) groups excluding carboxylic acids is 1. The molecule has 0 heterocycles. The zero-order valence-electron chi connectivity index (χ0n) is 18.0. The van der Waals surface area contributed by atoms with Gasteiger partial charge in [0.05, 0.1) is 24.5 Å². The number of hydrogen-bond acceptors (Lipinski definition) is 4.